The maximum atomic E-state index is 7.65. The molecule has 0 radical (unpaired) electrons. The summed E-state index contributed by atoms with van der Waals surface area (Å²) in [5.74, 6) is 0. The van der Waals surface area contributed by atoms with Gasteiger partial charge in [-0.3, -0.25) is 0 Å². The van der Waals surface area contributed by atoms with Gasteiger partial charge in [-0.2, -0.15) is 0 Å². The molecular weight excluding hydrogens is 450 g/mol. The van der Waals surface area contributed by atoms with Crippen molar-refractivity contribution in [2.45, 2.75) is 19.1 Å². The number of halogens is 2. The molecule has 0 spiro atoms. The second kappa shape index (κ2) is 7.03. The summed E-state index contributed by atoms with van der Waals surface area (Å²) in [6, 6.07) is 16.9. The van der Waals surface area contributed by atoms with E-state index in [0.29, 0.717) is 0 Å². The van der Waals surface area contributed by atoms with Crippen LogP contribution >= 0.6 is 17.0 Å². The Morgan fingerprint density at radius 2 is 1.15 bits per heavy atom. The Morgan fingerprint density at radius 1 is 0.741 bits per heavy atom. The average molecular weight is 473 g/mol. The summed E-state index contributed by atoms with van der Waals surface area (Å²) in [5, 5.41) is 0. The van der Waals surface area contributed by atoms with E-state index in [9.17, 15) is 0 Å². The van der Waals surface area contributed by atoms with Gasteiger partial charge in [0, 0.05) is 0 Å². The van der Waals surface area contributed by atoms with Crippen LogP contribution in [0.1, 0.15) is 35.1 Å². The Bertz CT molecular complexity index is 894. The molecular formula is C24H22Cl2Zr. The van der Waals surface area contributed by atoms with Gasteiger partial charge in [-0.05, 0) is 0 Å². The minimum atomic E-state index is -4.04. The molecule has 0 heterocycles. The zero-order valence-electron chi connectivity index (χ0n) is 15.2. The topological polar surface area (TPSA) is 0 Å². The quantitative estimate of drug-likeness (QED) is 0.383. The Balaban J connectivity index is 1.98. The number of benzene rings is 2. The van der Waals surface area contributed by atoms with Crippen LogP contribution in [0, 0.1) is 0 Å². The van der Waals surface area contributed by atoms with E-state index in [4.69, 9.17) is 17.0 Å². The Hall–Kier alpha value is -1.14. The predicted octanol–water partition coefficient (Wildman–Crippen LogP) is 7.44. The molecule has 2 aliphatic rings. The van der Waals surface area contributed by atoms with Crippen molar-refractivity contribution >= 4 is 29.2 Å². The van der Waals surface area contributed by atoms with Gasteiger partial charge in [0.05, 0.1) is 0 Å². The van der Waals surface area contributed by atoms with Crippen LogP contribution in [0.5, 0.6) is 0 Å². The third-order valence-electron chi connectivity index (χ3n) is 6.03. The molecule has 3 heteroatoms. The van der Waals surface area contributed by atoms with Gasteiger partial charge in [0.1, 0.15) is 0 Å². The summed E-state index contributed by atoms with van der Waals surface area (Å²) >= 11 is -4.04. The van der Waals surface area contributed by atoms with Crippen LogP contribution in [-0.2, 0) is 24.1 Å². The minimum absolute atomic E-state index is 0.360. The zero-order chi connectivity index (χ0) is 19.1. The second-order valence-electron chi connectivity index (χ2n) is 7.34. The van der Waals surface area contributed by atoms with E-state index in [0.717, 1.165) is 12.8 Å². The van der Waals surface area contributed by atoms with Gasteiger partial charge < -0.3 is 0 Å². The molecule has 0 aliphatic heterocycles. The molecule has 2 aromatic carbocycles. The first-order valence-electron chi connectivity index (χ1n) is 9.19. The van der Waals surface area contributed by atoms with Gasteiger partial charge in [-0.15, -0.1) is 0 Å². The Kier molecular flexibility index (Phi) is 5.00. The van der Waals surface area contributed by atoms with Crippen LogP contribution in [-0.4, -0.2) is 0 Å². The van der Waals surface area contributed by atoms with Gasteiger partial charge in [-0.1, -0.05) is 0 Å². The fourth-order valence-corrected chi connectivity index (χ4v) is 18.6. The first-order valence-corrected chi connectivity index (χ1v) is 18.0. The number of allylic oxidation sites excluding steroid dienone is 4. The van der Waals surface area contributed by atoms with Crippen molar-refractivity contribution in [2.75, 3.05) is 0 Å². The van der Waals surface area contributed by atoms with Crippen LogP contribution in [0.2, 0.25) is 0 Å². The van der Waals surface area contributed by atoms with Crippen molar-refractivity contribution < 1.29 is 17.9 Å². The molecule has 2 unspecified atom stereocenters. The summed E-state index contributed by atoms with van der Waals surface area (Å²) in [5.41, 5.74) is 4.91. The third-order valence-corrected chi connectivity index (χ3v) is 22.7. The van der Waals surface area contributed by atoms with E-state index in [-0.39, 0.29) is 6.25 Å². The van der Waals surface area contributed by atoms with Gasteiger partial charge in [0.15, 0.2) is 0 Å². The van der Waals surface area contributed by atoms with Crippen LogP contribution in [0.25, 0.3) is 12.2 Å². The molecule has 2 atom stereocenters. The Labute approximate surface area is 173 Å². The number of hydrogen-bond donors (Lipinski definition) is 0. The molecule has 0 aromatic heterocycles. The number of rotatable bonds is 6. The first-order chi connectivity index (χ1) is 13.0. The fraction of sp³-hybridized carbons (Fsp3) is 0.167. The maximum absolute atomic E-state index is 7.65. The van der Waals surface area contributed by atoms with Crippen LogP contribution < -0.4 is 0 Å². The van der Waals surface area contributed by atoms with Crippen molar-refractivity contribution in [3.63, 3.8) is 0 Å². The molecule has 27 heavy (non-hydrogen) atoms. The average Bonchev–Trinajstić information content (AvgIpc) is 3.24. The van der Waals surface area contributed by atoms with Crippen LogP contribution in [0.15, 0.2) is 86.0 Å². The van der Waals surface area contributed by atoms with Gasteiger partial charge in [-0.25, -0.2) is 0 Å². The molecule has 0 nitrogen and oxygen atoms in total. The normalized spacial score (nSPS) is 25.3. The van der Waals surface area contributed by atoms with Crippen molar-refractivity contribution in [3.05, 3.63) is 108 Å². The van der Waals surface area contributed by atoms with Crippen LogP contribution in [0.3, 0.4) is 0 Å². The van der Waals surface area contributed by atoms with E-state index in [2.05, 4.69) is 86.0 Å². The summed E-state index contributed by atoms with van der Waals surface area (Å²) < 4.78 is -0.720. The van der Waals surface area contributed by atoms with Crippen molar-refractivity contribution in [3.8, 4) is 0 Å². The number of hydrogen-bond acceptors (Lipinski definition) is 0. The molecule has 0 amide bonds. The van der Waals surface area contributed by atoms with E-state index in [1.807, 2.05) is 12.2 Å². The van der Waals surface area contributed by atoms with Crippen LogP contribution in [0.4, 0.5) is 0 Å². The van der Waals surface area contributed by atoms with Gasteiger partial charge in [0.25, 0.3) is 0 Å². The third kappa shape index (κ3) is 2.59. The van der Waals surface area contributed by atoms with Crippen molar-refractivity contribution in [1.82, 2.24) is 0 Å². The molecule has 0 saturated carbocycles. The molecule has 0 N–H and O–H groups in total. The summed E-state index contributed by atoms with van der Waals surface area (Å²) in [6.07, 6.45) is 14.3. The second-order valence-corrected chi connectivity index (χ2v) is 22.4. The van der Waals surface area contributed by atoms with E-state index in [1.165, 1.54) is 22.3 Å². The SMILES string of the molecule is C=CC[C]1([Zr]([Cl])([Cl])[C]2(CC=C)C=Cc3ccccc32)C=Cc2ccccc21. The molecule has 0 saturated heterocycles. The molecule has 0 fully saturated rings. The predicted molar refractivity (Wildman–Crippen MR) is 116 cm³/mol. The van der Waals surface area contributed by atoms with Crippen molar-refractivity contribution in [2.24, 2.45) is 0 Å². The monoisotopic (exact) mass is 470 g/mol. The standard InChI is InChI=1S/2C12H11.2ClH.Zr/c2*1-2-5-10-8-9-11-6-3-4-7-12(10)11;;;/h2*2-4,6-9H,1,5H2;2*1H;/q;;;;+2/p-2. The molecule has 2 aromatic rings. The van der Waals surface area contributed by atoms with Gasteiger partial charge >= 0.3 is 174 Å². The first kappa shape index (κ1) is 19.2. The van der Waals surface area contributed by atoms with E-state index < -0.39 is 17.9 Å². The fourth-order valence-electron chi connectivity index (χ4n) is 4.75. The molecule has 4 rings (SSSR count). The number of fused-ring (bicyclic) bond motifs is 2. The van der Waals surface area contributed by atoms with E-state index in [1.54, 1.807) is 0 Å². The summed E-state index contributed by atoms with van der Waals surface area (Å²) in [6.45, 7) is 8.08. The summed E-state index contributed by atoms with van der Waals surface area (Å²) in [4.78, 5) is 0. The Morgan fingerprint density at radius 3 is 1.56 bits per heavy atom. The van der Waals surface area contributed by atoms with Gasteiger partial charge in [0.2, 0.25) is 0 Å². The molecule has 2 aliphatic carbocycles. The zero-order valence-corrected chi connectivity index (χ0v) is 19.1. The molecule has 136 valence electrons. The summed E-state index contributed by atoms with van der Waals surface area (Å²) in [7, 11) is 15.3. The van der Waals surface area contributed by atoms with Crippen molar-refractivity contribution in [1.29, 1.82) is 0 Å². The van der Waals surface area contributed by atoms with E-state index >= 15 is 0 Å². The molecule has 0 bridgehead atoms.